The number of halogens is 3. The molecule has 0 radical (unpaired) electrons. The lowest BCUT2D eigenvalue weighted by Gasteiger charge is -2.33. The van der Waals surface area contributed by atoms with Crippen LogP contribution in [0.4, 0.5) is 13.2 Å². The van der Waals surface area contributed by atoms with Gasteiger partial charge in [-0.25, -0.2) is 8.42 Å². The van der Waals surface area contributed by atoms with Gasteiger partial charge in [0.25, 0.3) is 5.91 Å². The number of nitrogens with one attached hydrogen (secondary N) is 1. The van der Waals surface area contributed by atoms with Gasteiger partial charge in [0.15, 0.2) is 0 Å². The lowest BCUT2D eigenvalue weighted by atomic mass is 10.1. The highest BCUT2D eigenvalue weighted by Crippen LogP contribution is 2.25. The van der Waals surface area contributed by atoms with Crippen LogP contribution in [0, 0.1) is 0 Å². The predicted molar refractivity (Wildman–Crippen MR) is 93.6 cm³/mol. The van der Waals surface area contributed by atoms with E-state index in [1.165, 1.54) is 21.5 Å². The number of benzene rings is 1. The minimum absolute atomic E-state index is 0.0969. The minimum Gasteiger partial charge on any atom is -0.406 e. The third kappa shape index (κ3) is 4.28. The van der Waals surface area contributed by atoms with E-state index in [4.69, 9.17) is 0 Å². The SMILES string of the molecule is CS(=O)(=O)N1CCN(C(=O)c2c[nH]c3ccc(OC(F)(F)F)cc3c2=O)CC1. The van der Waals surface area contributed by atoms with E-state index in [0.29, 0.717) is 0 Å². The molecule has 28 heavy (non-hydrogen) atoms. The van der Waals surface area contributed by atoms with Crippen LogP contribution in [0.2, 0.25) is 0 Å². The van der Waals surface area contributed by atoms with E-state index in [0.717, 1.165) is 18.4 Å². The van der Waals surface area contributed by atoms with Crippen LogP contribution in [-0.2, 0) is 10.0 Å². The molecule has 0 unspecified atom stereocenters. The van der Waals surface area contributed by atoms with Gasteiger partial charge in [0.05, 0.1) is 6.26 Å². The third-order valence-corrected chi connectivity index (χ3v) is 5.61. The van der Waals surface area contributed by atoms with E-state index in [1.807, 2.05) is 0 Å². The summed E-state index contributed by atoms with van der Waals surface area (Å²) in [6.07, 6.45) is -2.65. The summed E-state index contributed by atoms with van der Waals surface area (Å²) in [4.78, 5) is 29.3. The van der Waals surface area contributed by atoms with E-state index < -0.39 is 33.5 Å². The quantitative estimate of drug-likeness (QED) is 0.805. The monoisotopic (exact) mass is 419 g/mol. The molecule has 0 saturated carbocycles. The van der Waals surface area contributed by atoms with Crippen LogP contribution in [0.5, 0.6) is 5.75 Å². The van der Waals surface area contributed by atoms with Gasteiger partial charge in [-0.15, -0.1) is 13.2 Å². The van der Waals surface area contributed by atoms with Crippen LogP contribution in [0.3, 0.4) is 0 Å². The number of pyridine rings is 1. The highest BCUT2D eigenvalue weighted by molar-refractivity contribution is 7.88. The van der Waals surface area contributed by atoms with Crippen LogP contribution >= 0.6 is 0 Å². The van der Waals surface area contributed by atoms with Crippen molar-refractivity contribution in [3.05, 3.63) is 40.2 Å². The Hall–Kier alpha value is -2.60. The molecule has 1 aromatic carbocycles. The molecule has 1 fully saturated rings. The Morgan fingerprint density at radius 1 is 1.18 bits per heavy atom. The van der Waals surface area contributed by atoms with Crippen molar-refractivity contribution in [1.29, 1.82) is 0 Å². The van der Waals surface area contributed by atoms with Gasteiger partial charge in [-0.2, -0.15) is 4.31 Å². The van der Waals surface area contributed by atoms with Gasteiger partial charge in [0.1, 0.15) is 11.3 Å². The molecule has 2 heterocycles. The molecule has 0 spiro atoms. The number of sulfonamides is 1. The van der Waals surface area contributed by atoms with Crippen molar-refractivity contribution in [2.24, 2.45) is 0 Å². The van der Waals surface area contributed by atoms with Crippen LogP contribution < -0.4 is 10.2 Å². The average molecular weight is 419 g/mol. The van der Waals surface area contributed by atoms with E-state index in [2.05, 4.69) is 9.72 Å². The summed E-state index contributed by atoms with van der Waals surface area (Å²) in [5.41, 5.74) is -0.737. The molecule has 1 aliphatic rings. The number of rotatable bonds is 3. The number of hydrogen-bond donors (Lipinski definition) is 1. The predicted octanol–water partition coefficient (Wildman–Crippen LogP) is 1.14. The summed E-state index contributed by atoms with van der Waals surface area (Å²) in [6, 6.07) is 3.22. The van der Waals surface area contributed by atoms with Gasteiger partial charge in [-0.1, -0.05) is 0 Å². The lowest BCUT2D eigenvalue weighted by molar-refractivity contribution is -0.274. The maximum atomic E-state index is 12.7. The number of hydrogen-bond acceptors (Lipinski definition) is 5. The number of ether oxygens (including phenoxy) is 1. The fourth-order valence-electron chi connectivity index (χ4n) is 2.95. The number of alkyl halides is 3. The Labute approximate surface area is 157 Å². The first-order valence-corrected chi connectivity index (χ1v) is 9.96. The molecule has 12 heteroatoms. The number of carbonyl (C=O) groups is 1. The largest absolute Gasteiger partial charge is 0.573 e. The van der Waals surface area contributed by atoms with Crippen molar-refractivity contribution in [2.45, 2.75) is 6.36 Å². The standard InChI is InChI=1S/C16H16F3N3O5S/c1-28(25,26)22-6-4-21(5-7-22)15(24)12-9-20-13-3-2-10(27-16(17,18)19)8-11(13)14(12)23/h2-3,8-9H,4-7H2,1H3,(H,20,23). The van der Waals surface area contributed by atoms with Crippen molar-refractivity contribution < 1.29 is 31.1 Å². The molecule has 1 saturated heterocycles. The van der Waals surface area contributed by atoms with Gasteiger partial charge in [0, 0.05) is 43.3 Å². The maximum Gasteiger partial charge on any atom is 0.573 e. The third-order valence-electron chi connectivity index (χ3n) is 4.31. The molecule has 0 aliphatic carbocycles. The number of amides is 1. The lowest BCUT2D eigenvalue weighted by Crippen LogP contribution is -2.50. The molecule has 1 aromatic heterocycles. The highest BCUT2D eigenvalue weighted by Gasteiger charge is 2.31. The van der Waals surface area contributed by atoms with Gasteiger partial charge in [-0.3, -0.25) is 9.59 Å². The normalized spacial score (nSPS) is 16.4. The average Bonchev–Trinajstić information content (AvgIpc) is 2.60. The van der Waals surface area contributed by atoms with E-state index >= 15 is 0 Å². The fourth-order valence-corrected chi connectivity index (χ4v) is 3.77. The number of nitrogens with zero attached hydrogens (tertiary/aromatic N) is 2. The molecule has 0 atom stereocenters. The number of carbonyl (C=O) groups excluding carboxylic acids is 1. The fraction of sp³-hybridized carbons (Fsp3) is 0.375. The molecule has 2 aromatic rings. The minimum atomic E-state index is -4.91. The molecular weight excluding hydrogens is 403 g/mol. The molecular formula is C16H16F3N3O5S. The number of piperazine rings is 1. The molecule has 1 aliphatic heterocycles. The van der Waals surface area contributed by atoms with Gasteiger partial charge in [-0.05, 0) is 18.2 Å². The van der Waals surface area contributed by atoms with Crippen LogP contribution in [0.15, 0.2) is 29.2 Å². The number of fused-ring (bicyclic) bond motifs is 1. The zero-order chi connectivity index (χ0) is 20.7. The van der Waals surface area contributed by atoms with Crippen LogP contribution in [0.25, 0.3) is 10.9 Å². The Morgan fingerprint density at radius 3 is 2.39 bits per heavy atom. The summed E-state index contributed by atoms with van der Waals surface area (Å²) < 4.78 is 65.3. The molecule has 152 valence electrons. The second kappa shape index (κ2) is 7.09. The smallest absolute Gasteiger partial charge is 0.406 e. The first kappa shape index (κ1) is 20.1. The van der Waals surface area contributed by atoms with Crippen molar-refractivity contribution in [2.75, 3.05) is 32.4 Å². The molecule has 0 bridgehead atoms. The Bertz CT molecular complexity index is 1070. The van der Waals surface area contributed by atoms with Crippen LogP contribution in [-0.4, -0.2) is 67.3 Å². The summed E-state index contributed by atoms with van der Waals surface area (Å²) >= 11 is 0. The van der Waals surface area contributed by atoms with E-state index in [-0.39, 0.29) is 42.6 Å². The van der Waals surface area contributed by atoms with Crippen molar-refractivity contribution >= 4 is 26.8 Å². The van der Waals surface area contributed by atoms with Crippen LogP contribution in [0.1, 0.15) is 10.4 Å². The topological polar surface area (TPSA) is 99.8 Å². The summed E-state index contributed by atoms with van der Waals surface area (Å²) in [5, 5.41) is -0.123. The number of aromatic amines is 1. The van der Waals surface area contributed by atoms with E-state index in [1.54, 1.807) is 0 Å². The number of H-pyrrole nitrogens is 1. The number of aromatic nitrogens is 1. The van der Waals surface area contributed by atoms with Crippen molar-refractivity contribution in [1.82, 2.24) is 14.2 Å². The molecule has 8 nitrogen and oxygen atoms in total. The molecule has 3 rings (SSSR count). The Morgan fingerprint density at radius 2 is 1.82 bits per heavy atom. The summed E-state index contributed by atoms with van der Waals surface area (Å²) in [5.74, 6) is -1.20. The van der Waals surface area contributed by atoms with Crippen molar-refractivity contribution in [3.8, 4) is 5.75 Å². The van der Waals surface area contributed by atoms with Gasteiger partial charge < -0.3 is 14.6 Å². The second-order valence-electron chi connectivity index (χ2n) is 6.24. The van der Waals surface area contributed by atoms with E-state index in [9.17, 15) is 31.2 Å². The molecule has 1 amide bonds. The Balaban J connectivity index is 1.88. The first-order chi connectivity index (χ1) is 13.0. The summed E-state index contributed by atoms with van der Waals surface area (Å²) in [7, 11) is -3.37. The first-order valence-electron chi connectivity index (χ1n) is 8.11. The maximum absolute atomic E-state index is 12.7. The van der Waals surface area contributed by atoms with Crippen molar-refractivity contribution in [3.63, 3.8) is 0 Å². The summed E-state index contributed by atoms with van der Waals surface area (Å²) in [6.45, 7) is 0.389. The zero-order valence-electron chi connectivity index (χ0n) is 14.6. The Kier molecular flexibility index (Phi) is 5.10. The second-order valence-corrected chi connectivity index (χ2v) is 8.22. The molecule has 1 N–H and O–H groups in total. The highest BCUT2D eigenvalue weighted by atomic mass is 32.2. The van der Waals surface area contributed by atoms with Gasteiger partial charge >= 0.3 is 6.36 Å². The van der Waals surface area contributed by atoms with Gasteiger partial charge in [0.2, 0.25) is 15.5 Å². The zero-order valence-corrected chi connectivity index (χ0v) is 15.4.